The van der Waals surface area contributed by atoms with Gasteiger partial charge in [-0.05, 0) is 38.9 Å². The van der Waals surface area contributed by atoms with Gasteiger partial charge in [-0.1, -0.05) is 42.0 Å². The lowest BCUT2D eigenvalue weighted by Crippen LogP contribution is -2.05. The van der Waals surface area contributed by atoms with Crippen LogP contribution in [0.3, 0.4) is 0 Å². The summed E-state index contributed by atoms with van der Waals surface area (Å²) in [6.07, 6.45) is 6.63. The summed E-state index contributed by atoms with van der Waals surface area (Å²) in [6.45, 7) is 3.18. The topological polar surface area (TPSA) is 12.0 Å². The van der Waals surface area contributed by atoms with Crippen molar-refractivity contribution < 1.29 is 0 Å². The van der Waals surface area contributed by atoms with E-state index in [0.29, 0.717) is 0 Å². The molecule has 0 spiro atoms. The Balaban J connectivity index is 2.30. The first-order chi connectivity index (χ1) is 6.83. The number of rotatable bonds is 5. The zero-order valence-electron chi connectivity index (χ0n) is 9.09. The average molecular weight is 189 g/mol. The van der Waals surface area contributed by atoms with Crippen molar-refractivity contribution in [3.05, 3.63) is 47.5 Å². The van der Waals surface area contributed by atoms with Crippen LogP contribution in [0.5, 0.6) is 0 Å². The van der Waals surface area contributed by atoms with Gasteiger partial charge in [0.15, 0.2) is 0 Å². The minimum Gasteiger partial charge on any atom is -0.319 e. The molecule has 1 aromatic carbocycles. The standard InChI is InChI=1S/C13H19N/c1-12-7-9-13(10-8-12)6-4-3-5-11-14-2/h3-4,7-10,14H,5-6,11H2,1-2H3. The second-order valence-electron chi connectivity index (χ2n) is 3.55. The Morgan fingerprint density at radius 3 is 2.50 bits per heavy atom. The molecule has 0 radical (unpaired) electrons. The molecule has 0 aliphatic carbocycles. The highest BCUT2D eigenvalue weighted by Gasteiger charge is 1.88. The monoisotopic (exact) mass is 189 g/mol. The van der Waals surface area contributed by atoms with E-state index in [1.54, 1.807) is 0 Å². The van der Waals surface area contributed by atoms with Gasteiger partial charge in [0, 0.05) is 0 Å². The van der Waals surface area contributed by atoms with Crippen LogP contribution in [0.15, 0.2) is 36.4 Å². The van der Waals surface area contributed by atoms with E-state index < -0.39 is 0 Å². The van der Waals surface area contributed by atoms with Crippen LogP contribution in [0.4, 0.5) is 0 Å². The van der Waals surface area contributed by atoms with Crippen LogP contribution >= 0.6 is 0 Å². The Hall–Kier alpha value is -1.08. The number of aryl methyl sites for hydroxylation is 1. The molecule has 1 nitrogen and oxygen atoms in total. The molecule has 0 heterocycles. The van der Waals surface area contributed by atoms with E-state index in [4.69, 9.17) is 0 Å². The van der Waals surface area contributed by atoms with Crippen molar-refractivity contribution in [1.29, 1.82) is 0 Å². The Labute approximate surface area is 86.8 Å². The predicted molar refractivity (Wildman–Crippen MR) is 62.6 cm³/mol. The van der Waals surface area contributed by atoms with Gasteiger partial charge in [0.25, 0.3) is 0 Å². The molecule has 0 atom stereocenters. The summed E-state index contributed by atoms with van der Waals surface area (Å²) in [6, 6.07) is 8.71. The molecule has 0 saturated heterocycles. The molecular formula is C13H19N. The zero-order valence-corrected chi connectivity index (χ0v) is 9.09. The molecule has 0 fully saturated rings. The largest absolute Gasteiger partial charge is 0.319 e. The van der Waals surface area contributed by atoms with Gasteiger partial charge in [0.1, 0.15) is 0 Å². The normalized spacial score (nSPS) is 11.0. The summed E-state index contributed by atoms with van der Waals surface area (Å²) in [4.78, 5) is 0. The van der Waals surface area contributed by atoms with Crippen molar-refractivity contribution in [3.63, 3.8) is 0 Å². The van der Waals surface area contributed by atoms with E-state index in [0.717, 1.165) is 19.4 Å². The molecule has 0 bridgehead atoms. The molecule has 0 unspecified atom stereocenters. The highest BCUT2D eigenvalue weighted by atomic mass is 14.8. The van der Waals surface area contributed by atoms with Gasteiger partial charge >= 0.3 is 0 Å². The lowest BCUT2D eigenvalue weighted by Gasteiger charge is -1.97. The molecule has 0 aliphatic rings. The summed E-state index contributed by atoms with van der Waals surface area (Å²) >= 11 is 0. The van der Waals surface area contributed by atoms with Gasteiger partial charge in [-0.25, -0.2) is 0 Å². The first-order valence-corrected chi connectivity index (χ1v) is 5.18. The predicted octanol–water partition coefficient (Wildman–Crippen LogP) is 2.70. The maximum atomic E-state index is 3.12. The summed E-state index contributed by atoms with van der Waals surface area (Å²) in [5.74, 6) is 0. The van der Waals surface area contributed by atoms with E-state index in [1.807, 2.05) is 7.05 Å². The maximum Gasteiger partial charge on any atom is -0.00173 e. The average Bonchev–Trinajstić information content (AvgIpc) is 2.21. The molecule has 1 heteroatoms. The second-order valence-corrected chi connectivity index (χ2v) is 3.55. The second kappa shape index (κ2) is 6.39. The lowest BCUT2D eigenvalue weighted by molar-refractivity contribution is 0.806. The maximum absolute atomic E-state index is 3.12. The highest BCUT2D eigenvalue weighted by molar-refractivity contribution is 5.22. The van der Waals surface area contributed by atoms with Gasteiger partial charge in [0.2, 0.25) is 0 Å². The van der Waals surface area contributed by atoms with Crippen molar-refractivity contribution in [2.24, 2.45) is 0 Å². The zero-order chi connectivity index (χ0) is 10.2. The number of hydrogen-bond donors (Lipinski definition) is 1. The first-order valence-electron chi connectivity index (χ1n) is 5.18. The van der Waals surface area contributed by atoms with Gasteiger partial charge in [0.05, 0.1) is 0 Å². The fourth-order valence-electron chi connectivity index (χ4n) is 1.29. The summed E-state index contributed by atoms with van der Waals surface area (Å²) in [5.41, 5.74) is 2.71. The van der Waals surface area contributed by atoms with Gasteiger partial charge in [-0.15, -0.1) is 0 Å². The molecule has 14 heavy (non-hydrogen) atoms. The Morgan fingerprint density at radius 1 is 1.14 bits per heavy atom. The van der Waals surface area contributed by atoms with Crippen LogP contribution in [0, 0.1) is 6.92 Å². The van der Waals surface area contributed by atoms with Crippen molar-refractivity contribution in [2.45, 2.75) is 19.8 Å². The smallest absolute Gasteiger partial charge is 0.00173 e. The molecule has 1 aromatic rings. The Morgan fingerprint density at radius 2 is 1.86 bits per heavy atom. The van der Waals surface area contributed by atoms with E-state index in [2.05, 4.69) is 48.7 Å². The molecule has 0 saturated carbocycles. The lowest BCUT2D eigenvalue weighted by atomic mass is 10.1. The first kappa shape index (κ1) is 11.0. The van der Waals surface area contributed by atoms with Crippen LogP contribution in [0.1, 0.15) is 17.5 Å². The number of nitrogens with one attached hydrogen (secondary N) is 1. The number of hydrogen-bond acceptors (Lipinski definition) is 1. The van der Waals surface area contributed by atoms with Gasteiger partial charge in [-0.2, -0.15) is 0 Å². The van der Waals surface area contributed by atoms with Crippen LogP contribution < -0.4 is 5.32 Å². The molecule has 0 aliphatic heterocycles. The molecule has 0 amide bonds. The summed E-state index contributed by atoms with van der Waals surface area (Å²) in [7, 11) is 1.98. The minimum atomic E-state index is 1.05. The van der Waals surface area contributed by atoms with E-state index in [9.17, 15) is 0 Å². The quantitative estimate of drug-likeness (QED) is 0.554. The third-order valence-corrected chi connectivity index (χ3v) is 2.20. The van der Waals surface area contributed by atoms with Crippen LogP contribution in [0.25, 0.3) is 0 Å². The molecule has 0 aromatic heterocycles. The van der Waals surface area contributed by atoms with E-state index in [-0.39, 0.29) is 0 Å². The van der Waals surface area contributed by atoms with Crippen LogP contribution in [-0.4, -0.2) is 13.6 Å². The molecular weight excluding hydrogens is 170 g/mol. The van der Waals surface area contributed by atoms with E-state index >= 15 is 0 Å². The van der Waals surface area contributed by atoms with Gasteiger partial charge < -0.3 is 5.32 Å². The third-order valence-electron chi connectivity index (χ3n) is 2.20. The summed E-state index contributed by atoms with van der Waals surface area (Å²) < 4.78 is 0. The number of allylic oxidation sites excluding steroid dienone is 1. The molecule has 76 valence electrons. The Kier molecular flexibility index (Phi) is 5.02. The Bertz CT molecular complexity index is 272. The third kappa shape index (κ3) is 4.24. The number of benzene rings is 1. The summed E-state index contributed by atoms with van der Waals surface area (Å²) in [5, 5.41) is 3.12. The SMILES string of the molecule is CNCCC=CCc1ccc(C)cc1. The van der Waals surface area contributed by atoms with Gasteiger partial charge in [-0.3, -0.25) is 0 Å². The fourth-order valence-corrected chi connectivity index (χ4v) is 1.29. The van der Waals surface area contributed by atoms with Crippen LogP contribution in [-0.2, 0) is 6.42 Å². The minimum absolute atomic E-state index is 1.05. The molecule has 1 rings (SSSR count). The highest BCUT2D eigenvalue weighted by Crippen LogP contribution is 2.04. The molecule has 1 N–H and O–H groups in total. The van der Waals surface area contributed by atoms with E-state index in [1.165, 1.54) is 11.1 Å². The fraction of sp³-hybridized carbons (Fsp3) is 0.385. The van der Waals surface area contributed by atoms with Crippen molar-refractivity contribution in [1.82, 2.24) is 5.32 Å². The van der Waals surface area contributed by atoms with Crippen LogP contribution in [0.2, 0.25) is 0 Å². The van der Waals surface area contributed by atoms with Crippen molar-refractivity contribution >= 4 is 0 Å². The van der Waals surface area contributed by atoms with Crippen molar-refractivity contribution in [2.75, 3.05) is 13.6 Å². The van der Waals surface area contributed by atoms with Crippen molar-refractivity contribution in [3.8, 4) is 0 Å².